The first-order valence-corrected chi connectivity index (χ1v) is 6.71. The molecule has 1 rings (SSSR count). The Morgan fingerprint density at radius 3 is 2.65 bits per heavy atom. The zero-order valence-corrected chi connectivity index (χ0v) is 12.3. The Morgan fingerprint density at radius 1 is 1.45 bits per heavy atom. The summed E-state index contributed by atoms with van der Waals surface area (Å²) in [6.07, 6.45) is 0.0910. The lowest BCUT2D eigenvalue weighted by molar-refractivity contribution is -0.141. The molecule has 1 aliphatic heterocycles. The summed E-state index contributed by atoms with van der Waals surface area (Å²) in [6, 6.07) is -1.40. The van der Waals surface area contributed by atoms with Crippen molar-refractivity contribution < 1.29 is 24.5 Å². The Balaban J connectivity index is 2.51. The van der Waals surface area contributed by atoms with Crippen LogP contribution in [0, 0.1) is 5.41 Å². The van der Waals surface area contributed by atoms with Crippen molar-refractivity contribution in [1.29, 1.82) is 0 Å². The summed E-state index contributed by atoms with van der Waals surface area (Å²) in [4.78, 5) is 24.3. The van der Waals surface area contributed by atoms with Crippen LogP contribution in [0.5, 0.6) is 0 Å². The molecule has 0 bridgehead atoms. The smallest absolute Gasteiger partial charge is 0.326 e. The highest BCUT2D eigenvalue weighted by molar-refractivity contribution is 5.83. The molecule has 0 aliphatic carbocycles. The number of urea groups is 1. The van der Waals surface area contributed by atoms with E-state index >= 15 is 0 Å². The summed E-state index contributed by atoms with van der Waals surface area (Å²) in [5.41, 5.74) is -0.136. The molecule has 116 valence electrons. The fourth-order valence-electron chi connectivity index (χ4n) is 2.16. The lowest BCUT2D eigenvalue weighted by Crippen LogP contribution is -2.48. The molecule has 2 amide bonds. The molecule has 0 spiro atoms. The highest BCUT2D eigenvalue weighted by Crippen LogP contribution is 2.21. The van der Waals surface area contributed by atoms with Crippen LogP contribution in [0.1, 0.15) is 26.7 Å². The fourth-order valence-corrected chi connectivity index (χ4v) is 2.16. The van der Waals surface area contributed by atoms with Gasteiger partial charge in [0, 0.05) is 33.2 Å². The molecule has 7 nitrogen and oxygen atoms in total. The number of aliphatic hydroxyl groups is 1. The van der Waals surface area contributed by atoms with Gasteiger partial charge in [0.2, 0.25) is 0 Å². The molecule has 0 radical (unpaired) electrons. The third-order valence-corrected chi connectivity index (χ3v) is 3.53. The number of ether oxygens (including phenoxy) is 1. The van der Waals surface area contributed by atoms with Gasteiger partial charge < -0.3 is 25.2 Å². The second-order valence-corrected chi connectivity index (χ2v) is 5.96. The Bertz CT molecular complexity index is 359. The first-order valence-electron chi connectivity index (χ1n) is 6.71. The molecule has 1 heterocycles. The number of carbonyl (C=O) groups excluding carboxylic acids is 1. The van der Waals surface area contributed by atoms with E-state index in [1.807, 2.05) is 13.8 Å². The van der Waals surface area contributed by atoms with Crippen molar-refractivity contribution in [1.82, 2.24) is 10.2 Å². The number of carboxylic acid groups (broad SMARTS) is 1. The molecule has 1 fully saturated rings. The zero-order chi connectivity index (χ0) is 15.3. The highest BCUT2D eigenvalue weighted by atomic mass is 16.5. The van der Waals surface area contributed by atoms with Crippen LogP contribution in [0.15, 0.2) is 0 Å². The van der Waals surface area contributed by atoms with E-state index in [0.717, 1.165) is 6.42 Å². The number of hydrogen-bond acceptors (Lipinski definition) is 4. The van der Waals surface area contributed by atoms with Crippen LogP contribution in [0.25, 0.3) is 0 Å². The van der Waals surface area contributed by atoms with Gasteiger partial charge in [-0.25, -0.2) is 9.59 Å². The summed E-state index contributed by atoms with van der Waals surface area (Å²) in [5, 5.41) is 21.3. The van der Waals surface area contributed by atoms with Crippen LogP contribution < -0.4 is 5.32 Å². The number of carbonyl (C=O) groups is 2. The average Bonchev–Trinajstić information content (AvgIpc) is 2.76. The van der Waals surface area contributed by atoms with Crippen LogP contribution in [-0.4, -0.2) is 66.1 Å². The third-order valence-electron chi connectivity index (χ3n) is 3.53. The quantitative estimate of drug-likeness (QED) is 0.652. The number of β-amino-alcohol motifs (C(OH)–C–C–N with tert-alkyl or cyclic N) is 1. The Kier molecular flexibility index (Phi) is 5.76. The van der Waals surface area contributed by atoms with E-state index in [1.165, 1.54) is 4.90 Å². The van der Waals surface area contributed by atoms with E-state index in [-0.39, 0.29) is 18.4 Å². The average molecular weight is 288 g/mol. The molecule has 0 saturated carbocycles. The predicted octanol–water partition coefficient (Wildman–Crippen LogP) is 0.279. The van der Waals surface area contributed by atoms with Gasteiger partial charge in [-0.1, -0.05) is 13.8 Å². The summed E-state index contributed by atoms with van der Waals surface area (Å²) in [6.45, 7) is 5.08. The SMILES string of the molecule is COCCC(C)(C)CNC(=O)N1C[C@@H](O)C[C@H]1C(=O)O. The van der Waals surface area contributed by atoms with Gasteiger partial charge in [0.15, 0.2) is 0 Å². The number of aliphatic hydroxyl groups excluding tert-OH is 1. The molecule has 3 N–H and O–H groups in total. The Morgan fingerprint density at radius 2 is 2.10 bits per heavy atom. The number of aliphatic carboxylic acids is 1. The first-order chi connectivity index (χ1) is 9.26. The van der Waals surface area contributed by atoms with Crippen molar-refractivity contribution in [2.45, 2.75) is 38.8 Å². The first kappa shape index (κ1) is 16.7. The van der Waals surface area contributed by atoms with Gasteiger partial charge in [0.1, 0.15) is 6.04 Å². The van der Waals surface area contributed by atoms with Crippen molar-refractivity contribution in [2.24, 2.45) is 5.41 Å². The van der Waals surface area contributed by atoms with Crippen LogP contribution in [-0.2, 0) is 9.53 Å². The van der Waals surface area contributed by atoms with Crippen molar-refractivity contribution in [2.75, 3.05) is 26.8 Å². The number of carboxylic acids is 1. The van der Waals surface area contributed by atoms with Crippen LogP contribution in [0.2, 0.25) is 0 Å². The van der Waals surface area contributed by atoms with Crippen LogP contribution in [0.4, 0.5) is 4.79 Å². The number of methoxy groups -OCH3 is 1. The number of likely N-dealkylation sites (tertiary alicyclic amines) is 1. The van der Waals surface area contributed by atoms with Gasteiger partial charge in [0.25, 0.3) is 0 Å². The number of nitrogens with zero attached hydrogens (tertiary/aromatic N) is 1. The second kappa shape index (κ2) is 6.90. The highest BCUT2D eigenvalue weighted by Gasteiger charge is 2.39. The number of nitrogens with one attached hydrogen (secondary N) is 1. The van der Waals surface area contributed by atoms with E-state index in [4.69, 9.17) is 9.84 Å². The van der Waals surface area contributed by atoms with Crippen molar-refractivity contribution in [3.8, 4) is 0 Å². The molecule has 0 aromatic heterocycles. The molecular weight excluding hydrogens is 264 g/mol. The van der Waals surface area contributed by atoms with Crippen LogP contribution in [0.3, 0.4) is 0 Å². The van der Waals surface area contributed by atoms with Gasteiger partial charge in [-0.3, -0.25) is 0 Å². The molecule has 1 aliphatic rings. The predicted molar refractivity (Wildman–Crippen MR) is 72.4 cm³/mol. The minimum absolute atomic E-state index is 0.0568. The minimum Gasteiger partial charge on any atom is -0.480 e. The molecule has 7 heteroatoms. The third kappa shape index (κ3) is 4.64. The van der Waals surface area contributed by atoms with Crippen molar-refractivity contribution in [3.05, 3.63) is 0 Å². The normalized spacial score (nSPS) is 22.9. The monoisotopic (exact) mass is 288 g/mol. The number of hydrogen-bond donors (Lipinski definition) is 3. The largest absolute Gasteiger partial charge is 0.480 e. The maximum Gasteiger partial charge on any atom is 0.326 e. The maximum absolute atomic E-state index is 12.0. The van der Waals surface area contributed by atoms with Gasteiger partial charge in [-0.2, -0.15) is 0 Å². The summed E-state index contributed by atoms with van der Waals surface area (Å²) in [5.74, 6) is -1.09. The zero-order valence-electron chi connectivity index (χ0n) is 12.3. The molecule has 20 heavy (non-hydrogen) atoms. The lowest BCUT2D eigenvalue weighted by atomic mass is 9.90. The fraction of sp³-hybridized carbons (Fsp3) is 0.846. The maximum atomic E-state index is 12.0. The molecule has 1 saturated heterocycles. The summed E-state index contributed by atoms with van der Waals surface area (Å²) < 4.78 is 5.01. The number of rotatable bonds is 6. The van der Waals surface area contributed by atoms with E-state index in [2.05, 4.69) is 5.32 Å². The van der Waals surface area contributed by atoms with Gasteiger partial charge in [-0.15, -0.1) is 0 Å². The number of amides is 2. The van der Waals surface area contributed by atoms with Gasteiger partial charge in [-0.05, 0) is 11.8 Å². The Labute approximate surface area is 118 Å². The second-order valence-electron chi connectivity index (χ2n) is 5.96. The summed E-state index contributed by atoms with van der Waals surface area (Å²) in [7, 11) is 1.62. The van der Waals surface area contributed by atoms with E-state index < -0.39 is 24.1 Å². The van der Waals surface area contributed by atoms with Crippen molar-refractivity contribution >= 4 is 12.0 Å². The Hall–Kier alpha value is -1.34. The topological polar surface area (TPSA) is 99.1 Å². The molecule has 0 aromatic carbocycles. The summed E-state index contributed by atoms with van der Waals surface area (Å²) >= 11 is 0. The van der Waals surface area contributed by atoms with E-state index in [0.29, 0.717) is 13.2 Å². The minimum atomic E-state index is -1.09. The molecule has 0 aromatic rings. The lowest BCUT2D eigenvalue weighted by Gasteiger charge is -2.27. The standard InChI is InChI=1S/C13H24N2O5/c1-13(2,4-5-20-3)8-14-12(19)15-7-9(16)6-10(15)11(17)18/h9-10,16H,4-8H2,1-3H3,(H,14,19)(H,17,18)/t9-,10-/m0/s1. The van der Waals surface area contributed by atoms with Gasteiger partial charge in [0.05, 0.1) is 6.10 Å². The molecule has 2 atom stereocenters. The molecular formula is C13H24N2O5. The van der Waals surface area contributed by atoms with Crippen molar-refractivity contribution in [3.63, 3.8) is 0 Å². The molecule has 0 unspecified atom stereocenters. The van der Waals surface area contributed by atoms with Crippen LogP contribution >= 0.6 is 0 Å². The van der Waals surface area contributed by atoms with E-state index in [9.17, 15) is 14.7 Å². The van der Waals surface area contributed by atoms with Gasteiger partial charge >= 0.3 is 12.0 Å². The van der Waals surface area contributed by atoms with E-state index in [1.54, 1.807) is 7.11 Å².